The van der Waals surface area contributed by atoms with E-state index in [1.54, 1.807) is 0 Å². The number of hydrogen-bond donors (Lipinski definition) is 14. The summed E-state index contributed by atoms with van der Waals surface area (Å²) in [6.45, 7) is -2.35. The number of ether oxygens (including phenoxy) is 7. The molecule has 0 bridgehead atoms. The molecule has 0 spiro atoms. The van der Waals surface area contributed by atoms with Gasteiger partial charge in [-0.15, -0.1) is 0 Å². The number of rotatable bonds is 11. The van der Waals surface area contributed by atoms with Gasteiger partial charge in [-0.3, -0.25) is 4.79 Å². The van der Waals surface area contributed by atoms with Crippen molar-refractivity contribution < 1.29 is 104 Å². The van der Waals surface area contributed by atoms with Crippen LogP contribution in [0.25, 0.3) is 0 Å². The molecule has 4 aliphatic rings. The molecule has 22 nitrogen and oxygen atoms in total. The summed E-state index contributed by atoms with van der Waals surface area (Å²) in [6, 6.07) is -1.49. The number of carbonyl (C=O) groups excluding carboxylic acids is 1. The van der Waals surface area contributed by atoms with Gasteiger partial charge in [0.25, 0.3) is 0 Å². The summed E-state index contributed by atoms with van der Waals surface area (Å²) < 4.78 is 38.4. The summed E-state index contributed by atoms with van der Waals surface area (Å²) in [4.78, 5) is 11.8. The summed E-state index contributed by atoms with van der Waals surface area (Å²) in [5.74, 6) is -0.693. The zero-order valence-electron chi connectivity index (χ0n) is 25.5. The fourth-order valence-electron chi connectivity index (χ4n) is 5.95. The van der Waals surface area contributed by atoms with Crippen molar-refractivity contribution in [2.45, 2.75) is 130 Å². The van der Waals surface area contributed by atoms with Crippen LogP contribution in [0.15, 0.2) is 0 Å². The van der Waals surface area contributed by atoms with E-state index in [4.69, 9.17) is 33.2 Å². The van der Waals surface area contributed by atoms with Crippen LogP contribution in [0.1, 0.15) is 6.92 Å². The molecule has 1 amide bonds. The predicted octanol–water partition coefficient (Wildman–Crippen LogP) is -9.61. The minimum Gasteiger partial charge on any atom is -0.394 e. The SMILES string of the molecule is CC(=O)NC1[C@H](O[C@@H]2C(O)[C@@H](O[C@H]3C(CO)O[C@@H](O[C@@H]4C(CO)O[C@@H](O)C(O)[C@H]4O)C(O)[C@H]3O)OC(CO)[C@@H]2O)OC(CO)[C@H](O)[C@@H]1O. The van der Waals surface area contributed by atoms with E-state index in [0.717, 1.165) is 6.92 Å². The molecule has 48 heavy (non-hydrogen) atoms. The van der Waals surface area contributed by atoms with Gasteiger partial charge >= 0.3 is 0 Å². The topological polar surface area (TPSA) is 357 Å². The number of carbonyl (C=O) groups is 1. The van der Waals surface area contributed by atoms with E-state index in [1.165, 1.54) is 0 Å². The summed E-state index contributed by atoms with van der Waals surface area (Å²) in [6.07, 6.45) is -33.5. The monoisotopic (exact) mass is 707 g/mol. The highest BCUT2D eigenvalue weighted by Crippen LogP contribution is 2.34. The van der Waals surface area contributed by atoms with Gasteiger partial charge in [-0.25, -0.2) is 0 Å². The fourth-order valence-corrected chi connectivity index (χ4v) is 5.95. The van der Waals surface area contributed by atoms with Gasteiger partial charge in [0.1, 0.15) is 97.6 Å². The predicted molar refractivity (Wildman–Crippen MR) is 145 cm³/mol. The zero-order chi connectivity index (χ0) is 35.6. The molecule has 14 N–H and O–H groups in total. The average Bonchev–Trinajstić information content (AvgIpc) is 3.06. The van der Waals surface area contributed by atoms with Crippen molar-refractivity contribution in [1.82, 2.24) is 5.32 Å². The fraction of sp³-hybridized carbons (Fsp3) is 0.962. The molecule has 22 heteroatoms. The van der Waals surface area contributed by atoms with Gasteiger partial charge < -0.3 is 105 Å². The van der Waals surface area contributed by atoms with Gasteiger partial charge in [0.15, 0.2) is 25.2 Å². The van der Waals surface area contributed by atoms with Crippen molar-refractivity contribution >= 4 is 5.91 Å². The molecule has 0 aliphatic carbocycles. The number of aliphatic hydroxyl groups is 13. The molecular weight excluding hydrogens is 662 g/mol. The lowest BCUT2D eigenvalue weighted by Crippen LogP contribution is -2.69. The summed E-state index contributed by atoms with van der Waals surface area (Å²) >= 11 is 0. The lowest BCUT2D eigenvalue weighted by atomic mass is 9.95. The number of nitrogens with one attached hydrogen (secondary N) is 1. The largest absolute Gasteiger partial charge is 0.394 e. The third-order valence-electron chi connectivity index (χ3n) is 8.61. The van der Waals surface area contributed by atoms with Crippen molar-refractivity contribution in [2.24, 2.45) is 0 Å². The molecule has 4 fully saturated rings. The Hall–Kier alpha value is -1.33. The Morgan fingerprint density at radius 1 is 0.500 bits per heavy atom. The molecule has 280 valence electrons. The van der Waals surface area contributed by atoms with Crippen molar-refractivity contribution in [2.75, 3.05) is 26.4 Å². The first-order valence-electron chi connectivity index (χ1n) is 15.1. The number of aliphatic hydroxyl groups excluding tert-OH is 13. The maximum Gasteiger partial charge on any atom is 0.217 e. The van der Waals surface area contributed by atoms with Crippen LogP contribution in [0.3, 0.4) is 0 Å². The van der Waals surface area contributed by atoms with Crippen LogP contribution in [0.4, 0.5) is 0 Å². The highest BCUT2D eigenvalue weighted by Gasteiger charge is 2.55. The molecule has 4 aliphatic heterocycles. The zero-order valence-corrected chi connectivity index (χ0v) is 25.5. The van der Waals surface area contributed by atoms with Crippen LogP contribution in [-0.2, 0) is 38.0 Å². The molecule has 0 aromatic rings. The van der Waals surface area contributed by atoms with Gasteiger partial charge in [0.05, 0.1) is 26.4 Å². The molecule has 0 saturated carbocycles. The smallest absolute Gasteiger partial charge is 0.217 e. The molecule has 0 radical (unpaired) electrons. The van der Waals surface area contributed by atoms with Crippen LogP contribution < -0.4 is 5.32 Å². The first-order valence-corrected chi connectivity index (χ1v) is 15.1. The van der Waals surface area contributed by atoms with E-state index >= 15 is 0 Å². The van der Waals surface area contributed by atoms with Gasteiger partial charge in [-0.2, -0.15) is 0 Å². The Morgan fingerprint density at radius 2 is 0.938 bits per heavy atom. The van der Waals surface area contributed by atoms with Crippen molar-refractivity contribution in [3.05, 3.63) is 0 Å². The molecular formula is C26H45NO21. The highest BCUT2D eigenvalue weighted by atomic mass is 16.8. The lowest BCUT2D eigenvalue weighted by molar-refractivity contribution is -0.385. The van der Waals surface area contributed by atoms with Crippen molar-refractivity contribution in [3.8, 4) is 0 Å². The molecule has 0 aromatic carbocycles. The van der Waals surface area contributed by atoms with E-state index in [0.29, 0.717) is 0 Å². The molecule has 4 rings (SSSR count). The number of amides is 1. The van der Waals surface area contributed by atoms with Crippen LogP contribution in [0.5, 0.6) is 0 Å². The van der Waals surface area contributed by atoms with E-state index in [2.05, 4.69) is 5.32 Å². The second-order valence-corrected chi connectivity index (χ2v) is 11.9. The molecule has 20 atom stereocenters. The molecule has 4 heterocycles. The van der Waals surface area contributed by atoms with Crippen molar-refractivity contribution in [3.63, 3.8) is 0 Å². The maximum atomic E-state index is 11.8. The molecule has 4 saturated heterocycles. The second kappa shape index (κ2) is 16.8. The minimum atomic E-state index is -2.03. The first-order chi connectivity index (χ1) is 22.7. The summed E-state index contributed by atoms with van der Waals surface area (Å²) in [5.41, 5.74) is 0. The number of hydrogen-bond acceptors (Lipinski definition) is 21. The van der Waals surface area contributed by atoms with Gasteiger partial charge in [0, 0.05) is 6.92 Å². The van der Waals surface area contributed by atoms with E-state index < -0.39 is 155 Å². The van der Waals surface area contributed by atoms with Crippen LogP contribution in [-0.4, -0.2) is 221 Å². The Kier molecular flexibility index (Phi) is 13.8. The second-order valence-electron chi connectivity index (χ2n) is 11.9. The maximum absolute atomic E-state index is 11.8. The van der Waals surface area contributed by atoms with Crippen LogP contribution >= 0.6 is 0 Å². The molecule has 8 unspecified atom stereocenters. The van der Waals surface area contributed by atoms with E-state index in [9.17, 15) is 71.2 Å². The van der Waals surface area contributed by atoms with Gasteiger partial charge in [-0.1, -0.05) is 0 Å². The van der Waals surface area contributed by atoms with Crippen LogP contribution in [0, 0.1) is 0 Å². The Bertz CT molecular complexity index is 1030. The summed E-state index contributed by atoms with van der Waals surface area (Å²) in [7, 11) is 0. The third-order valence-corrected chi connectivity index (χ3v) is 8.61. The Balaban J connectivity index is 1.51. The Morgan fingerprint density at radius 3 is 1.48 bits per heavy atom. The normalized spacial score (nSPS) is 50.2. The average molecular weight is 708 g/mol. The minimum absolute atomic E-state index is 0.693. The van der Waals surface area contributed by atoms with E-state index in [1.807, 2.05) is 0 Å². The lowest BCUT2D eigenvalue weighted by Gasteiger charge is -2.49. The third kappa shape index (κ3) is 8.08. The standard InChI is InChI=1S/C26H45NO21/c1-6(32)27-11-14(35)12(33)7(2-28)43-24(11)48-22-13(34)8(3-29)44-26(19(22)40)47-21-10(5-31)45-25(18(39)16(21)37)46-20-9(4-30)42-23(41)17(38)15(20)36/h7-26,28-31,33-41H,2-5H2,1H3,(H,27,32)/t7?,8?,9?,10?,11?,12-,13-,14+,15+,16+,17?,18?,19?,20+,21-,22-,23+,24-,25-,26+/m0/s1. The first kappa shape index (κ1) is 39.5. The molecule has 0 aromatic heterocycles. The van der Waals surface area contributed by atoms with Crippen LogP contribution in [0.2, 0.25) is 0 Å². The summed E-state index contributed by atoms with van der Waals surface area (Å²) in [5, 5.41) is 136. The van der Waals surface area contributed by atoms with Gasteiger partial charge in [-0.05, 0) is 0 Å². The van der Waals surface area contributed by atoms with E-state index in [-0.39, 0.29) is 0 Å². The quantitative estimate of drug-likeness (QED) is 0.0947. The highest BCUT2D eigenvalue weighted by molar-refractivity contribution is 5.73. The Labute approximate surface area is 272 Å². The van der Waals surface area contributed by atoms with Gasteiger partial charge in [0.2, 0.25) is 5.91 Å². The van der Waals surface area contributed by atoms with Crippen molar-refractivity contribution in [1.29, 1.82) is 0 Å².